The summed E-state index contributed by atoms with van der Waals surface area (Å²) in [5.74, 6) is -0.198. The van der Waals surface area contributed by atoms with Crippen molar-refractivity contribution in [3.8, 4) is 0 Å². The Kier molecular flexibility index (Phi) is 3.26. The molecule has 0 fully saturated rings. The minimum atomic E-state index is -0.467. The second-order valence-corrected chi connectivity index (χ2v) is 4.90. The highest BCUT2D eigenvalue weighted by Gasteiger charge is 2.28. The van der Waals surface area contributed by atoms with Gasteiger partial charge in [0.1, 0.15) is 0 Å². The molecule has 0 unspecified atom stereocenters. The molecule has 2 rings (SSSR count). The quantitative estimate of drug-likeness (QED) is 0.580. The molecule has 1 heterocycles. The van der Waals surface area contributed by atoms with Crippen molar-refractivity contribution in [1.29, 1.82) is 0 Å². The van der Waals surface area contributed by atoms with Gasteiger partial charge < -0.3 is 4.74 Å². The summed E-state index contributed by atoms with van der Waals surface area (Å²) in [5.41, 5.74) is 1.22. The Balaban J connectivity index is 2.66. The van der Waals surface area contributed by atoms with Crippen LogP contribution in [-0.2, 0) is 4.74 Å². The summed E-state index contributed by atoms with van der Waals surface area (Å²) in [4.78, 5) is 24.1. The van der Waals surface area contributed by atoms with Gasteiger partial charge in [-0.1, -0.05) is 18.2 Å². The second kappa shape index (κ2) is 4.55. The number of ketones is 1. The molecular weight excluding hydrogens is 260 g/mol. The van der Waals surface area contributed by atoms with Crippen LogP contribution in [0.2, 0.25) is 5.02 Å². The highest BCUT2D eigenvalue weighted by Crippen LogP contribution is 2.38. The van der Waals surface area contributed by atoms with Gasteiger partial charge in [0, 0.05) is 16.2 Å². The van der Waals surface area contributed by atoms with E-state index >= 15 is 0 Å². The third-order valence-corrected chi connectivity index (χ3v) is 3.97. The number of esters is 1. The van der Waals surface area contributed by atoms with E-state index in [1.54, 1.807) is 6.07 Å². The number of hydrogen-bond donors (Lipinski definition) is 0. The molecule has 3 nitrogen and oxygen atoms in total. The van der Waals surface area contributed by atoms with Gasteiger partial charge in [0.05, 0.1) is 23.3 Å². The number of methoxy groups -OCH3 is 1. The molecule has 0 spiro atoms. The van der Waals surface area contributed by atoms with Crippen molar-refractivity contribution < 1.29 is 14.3 Å². The van der Waals surface area contributed by atoms with Gasteiger partial charge in [-0.15, -0.1) is 11.8 Å². The molecule has 0 aromatic heterocycles. The number of fused-ring (bicyclic) bond motifs is 1. The predicted molar refractivity (Wildman–Crippen MR) is 67.0 cm³/mol. The smallest absolute Gasteiger partial charge is 0.339 e. The fourth-order valence-corrected chi connectivity index (χ4v) is 3.00. The lowest BCUT2D eigenvalue weighted by Crippen LogP contribution is -2.16. The van der Waals surface area contributed by atoms with Crippen LogP contribution in [0.25, 0.3) is 0 Å². The van der Waals surface area contributed by atoms with Gasteiger partial charge in [-0.3, -0.25) is 4.79 Å². The first-order valence-electron chi connectivity index (χ1n) is 4.82. The minimum Gasteiger partial charge on any atom is -0.465 e. The van der Waals surface area contributed by atoms with Crippen molar-refractivity contribution in [3.05, 3.63) is 40.4 Å². The van der Waals surface area contributed by atoms with Crippen molar-refractivity contribution in [2.75, 3.05) is 12.9 Å². The highest BCUT2D eigenvalue weighted by atomic mass is 35.5. The zero-order valence-electron chi connectivity index (χ0n) is 9.08. The van der Waals surface area contributed by atoms with Crippen LogP contribution in [0.1, 0.15) is 20.7 Å². The fraction of sp³-hybridized carbons (Fsp3) is 0.167. The van der Waals surface area contributed by atoms with E-state index in [2.05, 4.69) is 11.3 Å². The summed E-state index contributed by atoms with van der Waals surface area (Å²) < 4.78 is 4.68. The number of carbonyl (C=O) groups is 2. The molecule has 0 aliphatic carbocycles. The van der Waals surface area contributed by atoms with Gasteiger partial charge in [-0.25, -0.2) is 4.79 Å². The maximum absolute atomic E-state index is 12.0. The number of benzene rings is 1. The Hall–Kier alpha value is -1.26. The Labute approximate surface area is 108 Å². The first kappa shape index (κ1) is 12.2. The summed E-state index contributed by atoms with van der Waals surface area (Å²) in [6.45, 7) is 3.68. The minimum absolute atomic E-state index is 0.200. The van der Waals surface area contributed by atoms with Gasteiger partial charge >= 0.3 is 5.97 Å². The number of carbonyl (C=O) groups excluding carboxylic acids is 2. The molecular formula is C12H9ClO3S. The maximum Gasteiger partial charge on any atom is 0.339 e. The molecule has 0 saturated carbocycles. The lowest BCUT2D eigenvalue weighted by Gasteiger charge is -2.19. The van der Waals surface area contributed by atoms with Crippen LogP contribution in [0.4, 0.5) is 0 Å². The van der Waals surface area contributed by atoms with Crippen LogP contribution in [0.15, 0.2) is 29.2 Å². The van der Waals surface area contributed by atoms with Crippen molar-refractivity contribution in [1.82, 2.24) is 0 Å². The van der Waals surface area contributed by atoms with Crippen LogP contribution in [-0.4, -0.2) is 24.6 Å². The predicted octanol–water partition coefficient (Wildman–Crippen LogP) is 2.97. The van der Waals surface area contributed by atoms with Gasteiger partial charge in [0.15, 0.2) is 5.78 Å². The molecule has 1 aromatic rings. The molecule has 0 saturated heterocycles. The van der Waals surface area contributed by atoms with E-state index in [4.69, 9.17) is 11.6 Å². The summed E-state index contributed by atoms with van der Waals surface area (Å²) >= 11 is 7.37. The molecule has 0 radical (unpaired) electrons. The lowest BCUT2D eigenvalue weighted by atomic mass is 10.0. The Morgan fingerprint density at radius 2 is 2.24 bits per heavy atom. The van der Waals surface area contributed by atoms with E-state index in [1.807, 2.05) is 0 Å². The van der Waals surface area contributed by atoms with Gasteiger partial charge in [0.25, 0.3) is 0 Å². The first-order chi connectivity index (χ1) is 8.06. The molecule has 0 bridgehead atoms. The summed E-state index contributed by atoms with van der Waals surface area (Å²) in [6.07, 6.45) is 0. The first-order valence-corrected chi connectivity index (χ1v) is 6.18. The summed E-state index contributed by atoms with van der Waals surface area (Å²) in [5, 5.41) is 0.339. The number of Topliss-reactive ketones (excluding diaryl/α,β-unsaturated/α-hetero) is 1. The summed E-state index contributed by atoms with van der Waals surface area (Å²) in [6, 6.07) is 3.10. The van der Waals surface area contributed by atoms with Crippen LogP contribution in [0.5, 0.6) is 0 Å². The Bertz CT molecular complexity index is 537. The number of rotatable bonds is 1. The van der Waals surface area contributed by atoms with Gasteiger partial charge in [-0.2, -0.15) is 0 Å². The fourth-order valence-electron chi connectivity index (χ4n) is 1.59. The zero-order chi connectivity index (χ0) is 12.6. The number of halogens is 1. The standard InChI is InChI=1S/C12H9ClO3S/c1-6-5-17-11-7(12(15)16-2)3-4-8(13)9(11)10(6)14/h3-4H,1,5H2,2H3. The van der Waals surface area contributed by atoms with Crippen molar-refractivity contribution >= 4 is 35.1 Å². The van der Waals surface area contributed by atoms with Crippen molar-refractivity contribution in [3.63, 3.8) is 0 Å². The molecule has 5 heteroatoms. The van der Waals surface area contributed by atoms with E-state index in [0.29, 0.717) is 32.4 Å². The molecule has 17 heavy (non-hydrogen) atoms. The Morgan fingerprint density at radius 1 is 1.53 bits per heavy atom. The van der Waals surface area contributed by atoms with Crippen LogP contribution >= 0.6 is 23.4 Å². The molecule has 1 aromatic carbocycles. The molecule has 0 N–H and O–H groups in total. The van der Waals surface area contributed by atoms with E-state index in [-0.39, 0.29) is 5.78 Å². The van der Waals surface area contributed by atoms with Gasteiger partial charge in [-0.05, 0) is 12.1 Å². The lowest BCUT2D eigenvalue weighted by molar-refractivity contribution is 0.0596. The third kappa shape index (κ3) is 1.98. The van der Waals surface area contributed by atoms with E-state index < -0.39 is 5.97 Å². The van der Waals surface area contributed by atoms with E-state index in [0.717, 1.165) is 0 Å². The van der Waals surface area contributed by atoms with Crippen LogP contribution in [0.3, 0.4) is 0 Å². The summed E-state index contributed by atoms with van der Waals surface area (Å²) in [7, 11) is 1.30. The Morgan fingerprint density at radius 3 is 2.88 bits per heavy atom. The SMILES string of the molecule is C=C1CSc2c(C(=O)OC)ccc(Cl)c2C1=O. The number of ether oxygens (including phenoxy) is 1. The van der Waals surface area contributed by atoms with E-state index in [1.165, 1.54) is 24.9 Å². The average molecular weight is 269 g/mol. The number of thioether (sulfide) groups is 1. The molecule has 88 valence electrons. The second-order valence-electron chi connectivity index (χ2n) is 3.51. The maximum atomic E-state index is 12.0. The topological polar surface area (TPSA) is 43.4 Å². The zero-order valence-corrected chi connectivity index (χ0v) is 10.7. The number of hydrogen-bond acceptors (Lipinski definition) is 4. The molecule has 0 amide bonds. The molecule has 0 atom stereocenters. The van der Waals surface area contributed by atoms with E-state index in [9.17, 15) is 9.59 Å². The largest absolute Gasteiger partial charge is 0.465 e. The van der Waals surface area contributed by atoms with Crippen molar-refractivity contribution in [2.24, 2.45) is 0 Å². The molecule has 1 aliphatic rings. The van der Waals surface area contributed by atoms with Crippen LogP contribution in [0, 0.1) is 0 Å². The van der Waals surface area contributed by atoms with Gasteiger partial charge in [0.2, 0.25) is 0 Å². The molecule has 1 aliphatic heterocycles. The average Bonchev–Trinajstić information content (AvgIpc) is 2.33. The normalized spacial score (nSPS) is 14.5. The third-order valence-electron chi connectivity index (χ3n) is 2.45. The van der Waals surface area contributed by atoms with Crippen LogP contribution < -0.4 is 0 Å². The highest BCUT2D eigenvalue weighted by molar-refractivity contribution is 7.99. The van der Waals surface area contributed by atoms with Crippen molar-refractivity contribution in [2.45, 2.75) is 4.90 Å². The monoisotopic (exact) mass is 268 g/mol.